The Labute approximate surface area is 115 Å². The lowest BCUT2D eigenvalue weighted by molar-refractivity contribution is -0.121. The standard InChI is InChI=1S/C11H17N5O2S/c1-12-10(18)14-9(17)8-15-3-5-16(6-4-15)11-13-2-7-19-11/h2,7H,3-6,8H2,1H3,(H2,12,14,17,18). The van der Waals surface area contributed by atoms with Gasteiger partial charge in [0, 0.05) is 44.8 Å². The fourth-order valence-corrected chi connectivity index (χ4v) is 2.60. The molecule has 0 aliphatic carbocycles. The third-order valence-corrected chi connectivity index (χ3v) is 3.74. The summed E-state index contributed by atoms with van der Waals surface area (Å²) in [7, 11) is 1.48. The molecule has 0 unspecified atom stereocenters. The highest BCUT2D eigenvalue weighted by atomic mass is 32.1. The summed E-state index contributed by atoms with van der Waals surface area (Å²) in [5, 5.41) is 7.59. The van der Waals surface area contributed by atoms with E-state index in [-0.39, 0.29) is 12.5 Å². The van der Waals surface area contributed by atoms with Gasteiger partial charge in [-0.25, -0.2) is 9.78 Å². The normalized spacial score (nSPS) is 16.2. The lowest BCUT2D eigenvalue weighted by Gasteiger charge is -2.33. The SMILES string of the molecule is CNC(=O)NC(=O)CN1CCN(c2nccs2)CC1. The molecule has 0 atom stereocenters. The van der Waals surface area contributed by atoms with Crippen molar-refractivity contribution in [1.29, 1.82) is 0 Å². The molecular weight excluding hydrogens is 266 g/mol. The van der Waals surface area contributed by atoms with E-state index < -0.39 is 6.03 Å². The van der Waals surface area contributed by atoms with E-state index in [9.17, 15) is 9.59 Å². The summed E-state index contributed by atoms with van der Waals surface area (Å²) < 4.78 is 0. The van der Waals surface area contributed by atoms with Gasteiger partial charge in [0.1, 0.15) is 0 Å². The maximum Gasteiger partial charge on any atom is 0.321 e. The van der Waals surface area contributed by atoms with Crippen LogP contribution in [0, 0.1) is 0 Å². The number of piperazine rings is 1. The Balaban J connectivity index is 1.74. The molecule has 3 amide bonds. The Morgan fingerprint density at radius 3 is 2.68 bits per heavy atom. The zero-order chi connectivity index (χ0) is 13.7. The first-order valence-corrected chi connectivity index (χ1v) is 6.95. The number of rotatable bonds is 3. The van der Waals surface area contributed by atoms with Gasteiger partial charge in [0.15, 0.2) is 5.13 Å². The molecule has 0 radical (unpaired) electrons. The number of nitrogens with one attached hydrogen (secondary N) is 2. The topological polar surface area (TPSA) is 77.6 Å². The second kappa shape index (κ2) is 6.48. The Hall–Kier alpha value is -1.67. The van der Waals surface area contributed by atoms with Crippen molar-refractivity contribution in [3.05, 3.63) is 11.6 Å². The van der Waals surface area contributed by atoms with Crippen LogP contribution in [0.25, 0.3) is 0 Å². The molecule has 7 nitrogen and oxygen atoms in total. The van der Waals surface area contributed by atoms with E-state index in [4.69, 9.17) is 0 Å². The number of imide groups is 1. The van der Waals surface area contributed by atoms with Crippen LogP contribution < -0.4 is 15.5 Å². The zero-order valence-corrected chi connectivity index (χ0v) is 11.6. The number of hydrogen-bond donors (Lipinski definition) is 2. The highest BCUT2D eigenvalue weighted by Gasteiger charge is 2.20. The summed E-state index contributed by atoms with van der Waals surface area (Å²) in [6.07, 6.45) is 1.79. The Kier molecular flexibility index (Phi) is 4.69. The largest absolute Gasteiger partial charge is 0.346 e. The summed E-state index contributed by atoms with van der Waals surface area (Å²) in [6, 6.07) is -0.466. The predicted octanol–water partition coefficient (Wildman–Crippen LogP) is -0.279. The van der Waals surface area contributed by atoms with Crippen molar-refractivity contribution in [1.82, 2.24) is 20.5 Å². The predicted molar refractivity (Wildman–Crippen MR) is 73.4 cm³/mol. The average molecular weight is 283 g/mol. The molecule has 2 heterocycles. The number of hydrogen-bond acceptors (Lipinski definition) is 6. The molecule has 1 aromatic rings. The number of anilines is 1. The van der Waals surface area contributed by atoms with E-state index in [1.807, 2.05) is 10.3 Å². The maximum absolute atomic E-state index is 11.6. The van der Waals surface area contributed by atoms with Crippen molar-refractivity contribution in [2.75, 3.05) is 44.7 Å². The van der Waals surface area contributed by atoms with Crippen molar-refractivity contribution < 1.29 is 9.59 Å². The third-order valence-electron chi connectivity index (χ3n) is 2.91. The second-order valence-corrected chi connectivity index (χ2v) is 5.08. The van der Waals surface area contributed by atoms with Crippen LogP contribution in [0.3, 0.4) is 0 Å². The number of nitrogens with zero attached hydrogens (tertiary/aromatic N) is 3. The number of aromatic nitrogens is 1. The molecule has 1 aromatic heterocycles. The van der Waals surface area contributed by atoms with Crippen molar-refractivity contribution in [3.8, 4) is 0 Å². The van der Waals surface area contributed by atoms with Gasteiger partial charge in [0.05, 0.1) is 6.54 Å². The maximum atomic E-state index is 11.6. The van der Waals surface area contributed by atoms with Crippen molar-refractivity contribution in [2.24, 2.45) is 0 Å². The van der Waals surface area contributed by atoms with Crippen molar-refractivity contribution in [3.63, 3.8) is 0 Å². The van der Waals surface area contributed by atoms with E-state index in [1.54, 1.807) is 17.5 Å². The van der Waals surface area contributed by atoms with Crippen LogP contribution in [-0.2, 0) is 4.79 Å². The van der Waals surface area contributed by atoms with Gasteiger partial charge in [0.25, 0.3) is 0 Å². The van der Waals surface area contributed by atoms with E-state index >= 15 is 0 Å². The Morgan fingerprint density at radius 1 is 1.37 bits per heavy atom. The van der Waals surface area contributed by atoms with Gasteiger partial charge >= 0.3 is 6.03 Å². The Bertz CT molecular complexity index is 428. The fraction of sp³-hybridized carbons (Fsp3) is 0.545. The van der Waals surface area contributed by atoms with Gasteiger partial charge in [0.2, 0.25) is 5.91 Å². The van der Waals surface area contributed by atoms with Crippen LogP contribution in [0.1, 0.15) is 0 Å². The number of carbonyl (C=O) groups is 2. The van der Waals surface area contributed by atoms with Gasteiger partial charge in [-0.2, -0.15) is 0 Å². The lowest BCUT2D eigenvalue weighted by atomic mass is 10.3. The molecule has 19 heavy (non-hydrogen) atoms. The minimum atomic E-state index is -0.466. The molecule has 0 bridgehead atoms. The first kappa shape index (κ1) is 13.8. The summed E-state index contributed by atoms with van der Waals surface area (Å²) in [6.45, 7) is 3.53. The van der Waals surface area contributed by atoms with Gasteiger partial charge in [-0.05, 0) is 0 Å². The molecule has 0 saturated carbocycles. The smallest absolute Gasteiger partial charge is 0.321 e. The fourth-order valence-electron chi connectivity index (χ4n) is 1.90. The molecule has 8 heteroatoms. The van der Waals surface area contributed by atoms with Crippen LogP contribution in [-0.4, -0.2) is 61.6 Å². The molecule has 0 spiro atoms. The number of carbonyl (C=O) groups excluding carboxylic acids is 2. The van der Waals surface area contributed by atoms with Gasteiger partial charge in [-0.3, -0.25) is 15.0 Å². The highest BCUT2D eigenvalue weighted by Crippen LogP contribution is 2.18. The minimum absolute atomic E-state index is 0.249. The summed E-state index contributed by atoms with van der Waals surface area (Å²) in [5.41, 5.74) is 0. The molecule has 0 aromatic carbocycles. The monoisotopic (exact) mass is 283 g/mol. The number of thiazole rings is 1. The molecular formula is C11H17N5O2S. The molecule has 1 aliphatic rings. The molecule has 104 valence electrons. The first-order valence-electron chi connectivity index (χ1n) is 6.07. The van der Waals surface area contributed by atoms with E-state index in [1.165, 1.54) is 7.05 Å². The first-order chi connectivity index (χ1) is 9.19. The third kappa shape index (κ3) is 3.90. The van der Waals surface area contributed by atoms with Crippen molar-refractivity contribution in [2.45, 2.75) is 0 Å². The van der Waals surface area contributed by atoms with Crippen LogP contribution >= 0.6 is 11.3 Å². The minimum Gasteiger partial charge on any atom is -0.346 e. The Morgan fingerprint density at radius 2 is 2.11 bits per heavy atom. The number of urea groups is 1. The van der Waals surface area contributed by atoms with Crippen LogP contribution in [0.4, 0.5) is 9.93 Å². The van der Waals surface area contributed by atoms with E-state index in [2.05, 4.69) is 20.5 Å². The van der Waals surface area contributed by atoms with Gasteiger partial charge in [-0.15, -0.1) is 11.3 Å². The van der Waals surface area contributed by atoms with E-state index in [0.29, 0.717) is 0 Å². The average Bonchev–Trinajstić information content (AvgIpc) is 2.93. The highest BCUT2D eigenvalue weighted by molar-refractivity contribution is 7.13. The molecule has 2 rings (SSSR count). The molecule has 1 saturated heterocycles. The molecule has 1 aliphatic heterocycles. The summed E-state index contributed by atoms with van der Waals surface area (Å²) >= 11 is 1.62. The van der Waals surface area contributed by atoms with Crippen LogP contribution in [0.2, 0.25) is 0 Å². The second-order valence-electron chi connectivity index (χ2n) is 4.21. The number of amides is 3. The summed E-state index contributed by atoms with van der Waals surface area (Å²) in [5.74, 6) is -0.276. The van der Waals surface area contributed by atoms with Crippen molar-refractivity contribution >= 4 is 28.4 Å². The van der Waals surface area contributed by atoms with Gasteiger partial charge in [-0.1, -0.05) is 0 Å². The lowest BCUT2D eigenvalue weighted by Crippen LogP contribution is -2.50. The molecule has 2 N–H and O–H groups in total. The van der Waals surface area contributed by atoms with Gasteiger partial charge < -0.3 is 10.2 Å². The summed E-state index contributed by atoms with van der Waals surface area (Å²) in [4.78, 5) is 31.1. The quantitative estimate of drug-likeness (QED) is 0.798. The molecule has 1 fully saturated rings. The van der Waals surface area contributed by atoms with Crippen LogP contribution in [0.15, 0.2) is 11.6 Å². The van der Waals surface area contributed by atoms with Crippen LogP contribution in [0.5, 0.6) is 0 Å². The zero-order valence-electron chi connectivity index (χ0n) is 10.8. The van der Waals surface area contributed by atoms with E-state index in [0.717, 1.165) is 31.3 Å².